The molecule has 0 spiro atoms. The number of rotatable bonds is 7. The lowest BCUT2D eigenvalue weighted by Gasteiger charge is -2.11. The molecule has 2 N–H and O–H groups in total. The molecule has 0 radical (unpaired) electrons. The molecule has 0 unspecified atom stereocenters. The molecular weight excluding hydrogens is 360 g/mol. The van der Waals surface area contributed by atoms with Crippen LogP contribution in [0.2, 0.25) is 0 Å². The number of anilines is 1. The Morgan fingerprint density at radius 2 is 2.11 bits per heavy atom. The van der Waals surface area contributed by atoms with Gasteiger partial charge in [-0.05, 0) is 44.0 Å². The molecule has 0 aliphatic carbocycles. The number of carbonyl (C=O) groups excluding carboxylic acids is 1. The Hall–Kier alpha value is -2.54. The standard InChI is InChI=1S/C20H24N4O2S/c1-4-5-9-24-19(26)18-16(11-14(3)21-18)23-20(24)27-12-17(25)22-15-8-6-7-13(2)10-15/h6-8,10-11,21H,4-5,9,12H2,1-3H3,(H,22,25). The Kier molecular flexibility index (Phi) is 6.01. The maximum Gasteiger partial charge on any atom is 0.278 e. The van der Waals surface area contributed by atoms with Crippen molar-refractivity contribution in [1.29, 1.82) is 0 Å². The summed E-state index contributed by atoms with van der Waals surface area (Å²) < 4.78 is 1.67. The van der Waals surface area contributed by atoms with Crippen molar-refractivity contribution in [3.63, 3.8) is 0 Å². The minimum Gasteiger partial charge on any atom is -0.353 e. The highest BCUT2D eigenvalue weighted by molar-refractivity contribution is 7.99. The van der Waals surface area contributed by atoms with Gasteiger partial charge in [0.2, 0.25) is 5.91 Å². The van der Waals surface area contributed by atoms with Crippen molar-refractivity contribution in [2.45, 2.75) is 45.3 Å². The third-order valence-corrected chi connectivity index (χ3v) is 5.18. The average Bonchev–Trinajstić information content (AvgIpc) is 3.00. The molecular formula is C20H24N4O2S. The molecule has 1 amide bonds. The van der Waals surface area contributed by atoms with Crippen LogP contribution in [0.15, 0.2) is 40.3 Å². The number of carbonyl (C=O) groups is 1. The topological polar surface area (TPSA) is 79.8 Å². The molecule has 0 saturated heterocycles. The van der Waals surface area contributed by atoms with Gasteiger partial charge in [-0.25, -0.2) is 4.98 Å². The van der Waals surface area contributed by atoms with Crippen LogP contribution in [-0.2, 0) is 11.3 Å². The highest BCUT2D eigenvalue weighted by Gasteiger charge is 2.14. The van der Waals surface area contributed by atoms with Gasteiger partial charge in [0.15, 0.2) is 5.16 Å². The maximum atomic E-state index is 12.8. The van der Waals surface area contributed by atoms with E-state index in [2.05, 4.69) is 22.2 Å². The molecule has 7 heteroatoms. The minimum absolute atomic E-state index is 0.0804. The van der Waals surface area contributed by atoms with Crippen LogP contribution in [0.4, 0.5) is 5.69 Å². The molecule has 3 rings (SSSR count). The summed E-state index contributed by atoms with van der Waals surface area (Å²) in [6.45, 7) is 6.56. The number of unbranched alkanes of at least 4 members (excludes halogenated alkanes) is 1. The number of H-pyrrole nitrogens is 1. The molecule has 27 heavy (non-hydrogen) atoms. The summed E-state index contributed by atoms with van der Waals surface area (Å²) in [5, 5.41) is 3.47. The fraction of sp³-hybridized carbons (Fsp3) is 0.350. The molecule has 6 nitrogen and oxygen atoms in total. The number of nitrogens with one attached hydrogen (secondary N) is 2. The van der Waals surface area contributed by atoms with Crippen molar-refractivity contribution in [3.05, 3.63) is 51.9 Å². The number of aryl methyl sites for hydroxylation is 2. The van der Waals surface area contributed by atoms with E-state index in [1.807, 2.05) is 44.2 Å². The number of nitrogens with zero attached hydrogens (tertiary/aromatic N) is 2. The van der Waals surface area contributed by atoms with Crippen LogP contribution in [0, 0.1) is 13.8 Å². The highest BCUT2D eigenvalue weighted by atomic mass is 32.2. The van der Waals surface area contributed by atoms with Gasteiger partial charge in [0.25, 0.3) is 5.56 Å². The molecule has 0 aliphatic heterocycles. The van der Waals surface area contributed by atoms with Crippen LogP contribution in [0.5, 0.6) is 0 Å². The van der Waals surface area contributed by atoms with E-state index in [1.54, 1.807) is 4.57 Å². The van der Waals surface area contributed by atoms with Crippen LogP contribution in [0.3, 0.4) is 0 Å². The zero-order valence-corrected chi connectivity index (χ0v) is 16.7. The van der Waals surface area contributed by atoms with E-state index in [-0.39, 0.29) is 17.2 Å². The second kappa shape index (κ2) is 8.43. The van der Waals surface area contributed by atoms with Gasteiger partial charge >= 0.3 is 0 Å². The van der Waals surface area contributed by atoms with E-state index in [0.717, 1.165) is 29.8 Å². The lowest BCUT2D eigenvalue weighted by atomic mass is 10.2. The van der Waals surface area contributed by atoms with Crippen molar-refractivity contribution in [2.75, 3.05) is 11.1 Å². The number of benzene rings is 1. The van der Waals surface area contributed by atoms with E-state index in [9.17, 15) is 9.59 Å². The van der Waals surface area contributed by atoms with E-state index in [1.165, 1.54) is 11.8 Å². The van der Waals surface area contributed by atoms with E-state index >= 15 is 0 Å². The first-order valence-corrected chi connectivity index (χ1v) is 10.1. The predicted octanol–water partition coefficient (Wildman–Crippen LogP) is 3.87. The highest BCUT2D eigenvalue weighted by Crippen LogP contribution is 2.19. The zero-order chi connectivity index (χ0) is 19.4. The number of fused-ring (bicyclic) bond motifs is 1. The second-order valence-corrected chi connectivity index (χ2v) is 7.57. The number of amides is 1. The summed E-state index contributed by atoms with van der Waals surface area (Å²) in [6.07, 6.45) is 1.86. The Labute approximate surface area is 162 Å². The van der Waals surface area contributed by atoms with Crippen molar-refractivity contribution in [1.82, 2.24) is 14.5 Å². The fourth-order valence-corrected chi connectivity index (χ4v) is 3.71. The summed E-state index contributed by atoms with van der Waals surface area (Å²) >= 11 is 1.29. The van der Waals surface area contributed by atoms with Crippen LogP contribution < -0.4 is 10.9 Å². The van der Waals surface area contributed by atoms with Crippen molar-refractivity contribution in [3.8, 4) is 0 Å². The molecule has 0 fully saturated rings. The van der Waals surface area contributed by atoms with E-state index in [4.69, 9.17) is 0 Å². The van der Waals surface area contributed by atoms with Crippen LogP contribution in [0.25, 0.3) is 11.0 Å². The summed E-state index contributed by atoms with van der Waals surface area (Å²) in [7, 11) is 0. The lowest BCUT2D eigenvalue weighted by molar-refractivity contribution is -0.113. The summed E-state index contributed by atoms with van der Waals surface area (Å²) in [4.78, 5) is 32.8. The van der Waals surface area contributed by atoms with E-state index < -0.39 is 0 Å². The average molecular weight is 385 g/mol. The quantitative estimate of drug-likeness (QED) is 0.479. The minimum atomic E-state index is -0.118. The monoisotopic (exact) mass is 384 g/mol. The number of aromatic amines is 1. The summed E-state index contributed by atoms with van der Waals surface area (Å²) in [5.74, 6) is 0.0776. The molecule has 0 atom stereocenters. The summed E-state index contributed by atoms with van der Waals surface area (Å²) in [6, 6.07) is 9.53. The van der Waals surface area contributed by atoms with Gasteiger partial charge in [0.05, 0.1) is 11.3 Å². The van der Waals surface area contributed by atoms with Crippen LogP contribution in [-0.4, -0.2) is 26.2 Å². The Balaban J connectivity index is 1.80. The molecule has 0 saturated carbocycles. The molecule has 3 aromatic rings. The fourth-order valence-electron chi connectivity index (χ4n) is 2.88. The normalized spacial score (nSPS) is 11.1. The first-order chi connectivity index (χ1) is 13.0. The second-order valence-electron chi connectivity index (χ2n) is 6.62. The molecule has 142 valence electrons. The van der Waals surface area contributed by atoms with Gasteiger partial charge in [-0.3, -0.25) is 14.2 Å². The molecule has 2 heterocycles. The predicted molar refractivity (Wildman–Crippen MR) is 111 cm³/mol. The number of hydrogen-bond acceptors (Lipinski definition) is 4. The molecule has 0 aliphatic rings. The van der Waals surface area contributed by atoms with Gasteiger partial charge in [-0.15, -0.1) is 0 Å². The summed E-state index contributed by atoms with van der Waals surface area (Å²) in [5.41, 5.74) is 3.85. The van der Waals surface area contributed by atoms with Gasteiger partial charge in [0.1, 0.15) is 5.52 Å². The van der Waals surface area contributed by atoms with Gasteiger partial charge in [-0.2, -0.15) is 0 Å². The molecule has 0 bridgehead atoms. The van der Waals surface area contributed by atoms with E-state index in [0.29, 0.717) is 22.7 Å². The van der Waals surface area contributed by atoms with Gasteiger partial charge in [-0.1, -0.05) is 37.2 Å². The van der Waals surface area contributed by atoms with Crippen molar-refractivity contribution < 1.29 is 4.79 Å². The third-order valence-electron chi connectivity index (χ3n) is 4.21. The van der Waals surface area contributed by atoms with Gasteiger partial charge in [0, 0.05) is 17.9 Å². The van der Waals surface area contributed by atoms with Gasteiger partial charge < -0.3 is 10.3 Å². The first kappa shape index (κ1) is 19.2. The molecule has 1 aromatic carbocycles. The van der Waals surface area contributed by atoms with Crippen molar-refractivity contribution in [2.24, 2.45) is 0 Å². The Morgan fingerprint density at radius 1 is 1.30 bits per heavy atom. The smallest absolute Gasteiger partial charge is 0.278 e. The number of hydrogen-bond donors (Lipinski definition) is 2. The Bertz CT molecular complexity index is 1020. The number of thioether (sulfide) groups is 1. The first-order valence-electron chi connectivity index (χ1n) is 9.07. The number of aromatic nitrogens is 3. The van der Waals surface area contributed by atoms with Crippen LogP contribution >= 0.6 is 11.8 Å². The molecule has 2 aromatic heterocycles. The Morgan fingerprint density at radius 3 is 2.85 bits per heavy atom. The van der Waals surface area contributed by atoms with Crippen molar-refractivity contribution >= 4 is 34.4 Å². The largest absolute Gasteiger partial charge is 0.353 e. The lowest BCUT2D eigenvalue weighted by Crippen LogP contribution is -2.24. The van der Waals surface area contributed by atoms with Crippen LogP contribution in [0.1, 0.15) is 31.0 Å². The maximum absolute atomic E-state index is 12.8. The zero-order valence-electron chi connectivity index (χ0n) is 15.8. The third kappa shape index (κ3) is 4.60. The SMILES string of the molecule is CCCCn1c(SCC(=O)Nc2cccc(C)c2)nc2cc(C)[nH]c2c1=O.